The number of thioether (sulfide) groups is 1. The summed E-state index contributed by atoms with van der Waals surface area (Å²) in [5.41, 5.74) is 0.890. The Kier molecular flexibility index (Phi) is 4.07. The number of benzene rings is 1. The molecule has 1 aliphatic heterocycles. The minimum atomic E-state index is 0.0907. The molecular weight excluding hydrogens is 232 g/mol. The Morgan fingerprint density at radius 2 is 2.35 bits per heavy atom. The number of carbonyl (C=O) groups is 1. The van der Waals surface area contributed by atoms with Gasteiger partial charge in [-0.1, -0.05) is 6.07 Å². The highest BCUT2D eigenvalue weighted by Crippen LogP contribution is 2.21. The van der Waals surface area contributed by atoms with Gasteiger partial charge in [0.2, 0.25) is 5.91 Å². The molecule has 0 radical (unpaired) electrons. The first kappa shape index (κ1) is 12.5. The summed E-state index contributed by atoms with van der Waals surface area (Å²) >= 11 is 1.68. The molecule has 1 amide bonds. The molecule has 0 spiro atoms. The smallest absolute Gasteiger partial charge is 0.229 e. The summed E-state index contributed by atoms with van der Waals surface area (Å²) < 4.78 is 0. The van der Waals surface area contributed by atoms with Gasteiger partial charge in [0.1, 0.15) is 0 Å². The van der Waals surface area contributed by atoms with Gasteiger partial charge in [-0.3, -0.25) is 4.79 Å². The average Bonchev–Trinajstić information content (AvgIpc) is 2.76. The zero-order chi connectivity index (χ0) is 12.3. The van der Waals surface area contributed by atoms with Gasteiger partial charge in [-0.2, -0.15) is 0 Å². The van der Waals surface area contributed by atoms with Gasteiger partial charge in [-0.25, -0.2) is 0 Å². The molecule has 2 atom stereocenters. The highest BCUT2D eigenvalue weighted by atomic mass is 32.2. The SMILES string of the molecule is CSc1cccc(NC(=O)C2CCNC2C)c1. The van der Waals surface area contributed by atoms with Crippen LogP contribution >= 0.6 is 11.8 Å². The van der Waals surface area contributed by atoms with Crippen molar-refractivity contribution in [2.45, 2.75) is 24.3 Å². The van der Waals surface area contributed by atoms with Crippen LogP contribution in [0, 0.1) is 5.92 Å². The Bertz CT molecular complexity index is 408. The molecule has 1 aromatic carbocycles. The van der Waals surface area contributed by atoms with E-state index in [2.05, 4.69) is 17.6 Å². The second-order valence-electron chi connectivity index (χ2n) is 4.36. The molecule has 92 valence electrons. The van der Waals surface area contributed by atoms with E-state index in [0.717, 1.165) is 18.7 Å². The zero-order valence-electron chi connectivity index (χ0n) is 10.2. The molecule has 2 rings (SSSR count). The third-order valence-corrected chi connectivity index (χ3v) is 3.92. The van der Waals surface area contributed by atoms with E-state index in [0.29, 0.717) is 0 Å². The molecule has 3 nitrogen and oxygen atoms in total. The number of hydrogen-bond donors (Lipinski definition) is 2. The number of nitrogens with one attached hydrogen (secondary N) is 2. The van der Waals surface area contributed by atoms with Crippen LogP contribution in [0.2, 0.25) is 0 Å². The van der Waals surface area contributed by atoms with E-state index in [9.17, 15) is 4.79 Å². The lowest BCUT2D eigenvalue weighted by Crippen LogP contribution is -2.32. The number of carbonyl (C=O) groups excluding carboxylic acids is 1. The van der Waals surface area contributed by atoms with Crippen molar-refractivity contribution in [1.82, 2.24) is 5.32 Å². The van der Waals surface area contributed by atoms with Crippen LogP contribution in [0.4, 0.5) is 5.69 Å². The van der Waals surface area contributed by atoms with Gasteiger partial charge >= 0.3 is 0 Å². The largest absolute Gasteiger partial charge is 0.326 e. The molecule has 0 saturated carbocycles. The normalized spacial score (nSPS) is 23.6. The van der Waals surface area contributed by atoms with Crippen molar-refractivity contribution in [2.24, 2.45) is 5.92 Å². The van der Waals surface area contributed by atoms with E-state index in [1.807, 2.05) is 30.5 Å². The quantitative estimate of drug-likeness (QED) is 0.809. The van der Waals surface area contributed by atoms with E-state index < -0.39 is 0 Å². The van der Waals surface area contributed by atoms with Gasteiger partial charge in [-0.05, 0) is 44.3 Å². The highest BCUT2D eigenvalue weighted by molar-refractivity contribution is 7.98. The van der Waals surface area contributed by atoms with Crippen molar-refractivity contribution in [3.8, 4) is 0 Å². The van der Waals surface area contributed by atoms with Gasteiger partial charge < -0.3 is 10.6 Å². The van der Waals surface area contributed by atoms with Gasteiger partial charge in [0, 0.05) is 16.6 Å². The van der Waals surface area contributed by atoms with Crippen LogP contribution in [0.25, 0.3) is 0 Å². The van der Waals surface area contributed by atoms with E-state index in [1.165, 1.54) is 4.90 Å². The van der Waals surface area contributed by atoms with Gasteiger partial charge in [0.25, 0.3) is 0 Å². The Labute approximate surface area is 106 Å². The van der Waals surface area contributed by atoms with Crippen molar-refractivity contribution in [1.29, 1.82) is 0 Å². The Balaban J connectivity index is 2.02. The maximum absolute atomic E-state index is 12.1. The van der Waals surface area contributed by atoms with Crippen LogP contribution in [-0.4, -0.2) is 24.7 Å². The molecule has 1 heterocycles. The van der Waals surface area contributed by atoms with E-state index in [1.54, 1.807) is 11.8 Å². The second-order valence-corrected chi connectivity index (χ2v) is 5.24. The topological polar surface area (TPSA) is 41.1 Å². The summed E-state index contributed by atoms with van der Waals surface area (Å²) in [5.74, 6) is 0.216. The maximum Gasteiger partial charge on any atom is 0.229 e. The average molecular weight is 250 g/mol. The van der Waals surface area contributed by atoms with E-state index in [4.69, 9.17) is 0 Å². The van der Waals surface area contributed by atoms with Crippen LogP contribution in [-0.2, 0) is 4.79 Å². The Morgan fingerprint density at radius 3 is 3.00 bits per heavy atom. The fourth-order valence-corrected chi connectivity index (χ4v) is 2.61. The molecule has 1 fully saturated rings. The zero-order valence-corrected chi connectivity index (χ0v) is 11.0. The van der Waals surface area contributed by atoms with Crippen molar-refractivity contribution in [3.63, 3.8) is 0 Å². The van der Waals surface area contributed by atoms with Gasteiger partial charge in [0.05, 0.1) is 5.92 Å². The van der Waals surface area contributed by atoms with E-state index in [-0.39, 0.29) is 17.9 Å². The predicted octanol–water partition coefficient (Wildman–Crippen LogP) is 2.35. The minimum absolute atomic E-state index is 0.0907. The second kappa shape index (κ2) is 5.56. The fraction of sp³-hybridized carbons (Fsp3) is 0.462. The van der Waals surface area contributed by atoms with Crippen LogP contribution in [0.1, 0.15) is 13.3 Å². The van der Waals surface area contributed by atoms with Crippen molar-refractivity contribution < 1.29 is 4.79 Å². The van der Waals surface area contributed by atoms with Crippen molar-refractivity contribution in [3.05, 3.63) is 24.3 Å². The van der Waals surface area contributed by atoms with Crippen LogP contribution in [0.3, 0.4) is 0 Å². The fourth-order valence-electron chi connectivity index (χ4n) is 2.15. The first-order chi connectivity index (χ1) is 8.20. The standard InChI is InChI=1S/C13H18N2OS/c1-9-12(6-7-14-9)13(16)15-10-4-3-5-11(8-10)17-2/h3-5,8-9,12,14H,6-7H2,1-2H3,(H,15,16). The lowest BCUT2D eigenvalue weighted by molar-refractivity contribution is -0.120. The predicted molar refractivity (Wildman–Crippen MR) is 72.4 cm³/mol. The van der Waals surface area contributed by atoms with Crippen LogP contribution in [0.15, 0.2) is 29.2 Å². The maximum atomic E-state index is 12.1. The highest BCUT2D eigenvalue weighted by Gasteiger charge is 2.29. The summed E-state index contributed by atoms with van der Waals surface area (Å²) in [5, 5.41) is 6.29. The third kappa shape index (κ3) is 3.01. The Hall–Kier alpha value is -1.00. The molecule has 17 heavy (non-hydrogen) atoms. The van der Waals surface area contributed by atoms with Crippen molar-refractivity contribution in [2.75, 3.05) is 18.1 Å². The molecule has 1 aromatic rings. The summed E-state index contributed by atoms with van der Waals surface area (Å²) in [6.45, 7) is 3.00. The molecular formula is C13H18N2OS. The number of amides is 1. The monoisotopic (exact) mass is 250 g/mol. The lowest BCUT2D eigenvalue weighted by atomic mass is 10.0. The first-order valence-electron chi connectivity index (χ1n) is 5.89. The minimum Gasteiger partial charge on any atom is -0.326 e. The molecule has 0 aromatic heterocycles. The molecule has 4 heteroatoms. The number of hydrogen-bond acceptors (Lipinski definition) is 3. The first-order valence-corrected chi connectivity index (χ1v) is 7.11. The molecule has 2 N–H and O–H groups in total. The van der Waals surface area contributed by atoms with Gasteiger partial charge in [-0.15, -0.1) is 11.8 Å². The molecule has 0 aliphatic carbocycles. The molecule has 0 bridgehead atoms. The summed E-state index contributed by atoms with van der Waals surface area (Å²) in [6.07, 6.45) is 2.96. The van der Waals surface area contributed by atoms with E-state index >= 15 is 0 Å². The number of anilines is 1. The molecule has 1 aliphatic rings. The summed E-state index contributed by atoms with van der Waals surface area (Å²) in [6, 6.07) is 8.23. The van der Waals surface area contributed by atoms with Crippen LogP contribution < -0.4 is 10.6 Å². The molecule has 1 saturated heterocycles. The van der Waals surface area contributed by atoms with Crippen LogP contribution in [0.5, 0.6) is 0 Å². The number of rotatable bonds is 3. The van der Waals surface area contributed by atoms with Crippen molar-refractivity contribution >= 4 is 23.4 Å². The third-order valence-electron chi connectivity index (χ3n) is 3.20. The molecule has 2 unspecified atom stereocenters. The Morgan fingerprint density at radius 1 is 1.53 bits per heavy atom. The van der Waals surface area contributed by atoms with Gasteiger partial charge in [0.15, 0.2) is 0 Å². The summed E-state index contributed by atoms with van der Waals surface area (Å²) in [4.78, 5) is 13.2. The lowest BCUT2D eigenvalue weighted by Gasteiger charge is -2.15. The summed E-state index contributed by atoms with van der Waals surface area (Å²) in [7, 11) is 0.